The lowest BCUT2D eigenvalue weighted by Gasteiger charge is -1.78. The quantitative estimate of drug-likeness (QED) is 0.482. The van der Waals surface area contributed by atoms with Gasteiger partial charge in [0, 0.05) is 6.42 Å². The minimum Gasteiger partial charge on any atom is -0.290 e. The maximum atomic E-state index is 9.99. The Balaban J connectivity index is 3.17. The van der Waals surface area contributed by atoms with E-state index in [1.807, 2.05) is 6.92 Å². The highest BCUT2D eigenvalue weighted by atomic mass is 16.2. The summed E-state index contributed by atoms with van der Waals surface area (Å²) >= 11 is 0. The van der Waals surface area contributed by atoms with Gasteiger partial charge in [0.25, 0.3) is 6.29 Å². The molecule has 0 rings (SSSR count). The molecule has 0 unspecified atom stereocenters. The second-order valence-corrected chi connectivity index (χ2v) is 1.28. The summed E-state index contributed by atoms with van der Waals surface area (Å²) in [5.41, 5.74) is 0. The third-order valence-electron chi connectivity index (χ3n) is 0.591. The largest absolute Gasteiger partial charge is 0.290 e. The lowest BCUT2D eigenvalue weighted by molar-refractivity contribution is -0.113. The number of rotatable bonds is 3. The topological polar surface area (TPSA) is 34.1 Å². The van der Waals surface area contributed by atoms with Crippen molar-refractivity contribution in [2.75, 3.05) is 0 Å². The SMILES string of the molecule is CCCC(=O)[C]=O. The molecule has 0 amide bonds. The molecule has 0 heterocycles. The first kappa shape index (κ1) is 6.34. The first-order valence-corrected chi connectivity index (χ1v) is 2.22. The molecule has 2 nitrogen and oxygen atoms in total. The average Bonchev–Trinajstić information content (AvgIpc) is 1.68. The fourth-order valence-corrected chi connectivity index (χ4v) is 0.278. The van der Waals surface area contributed by atoms with Gasteiger partial charge in [-0.05, 0) is 6.42 Å². The molecular formula is C5H7O2. The summed E-state index contributed by atoms with van der Waals surface area (Å²) in [5, 5.41) is 0. The van der Waals surface area contributed by atoms with E-state index in [1.54, 1.807) is 0 Å². The van der Waals surface area contributed by atoms with E-state index in [4.69, 9.17) is 0 Å². The Morgan fingerprint density at radius 3 is 2.43 bits per heavy atom. The zero-order valence-electron chi connectivity index (χ0n) is 4.23. The van der Waals surface area contributed by atoms with E-state index >= 15 is 0 Å². The lowest BCUT2D eigenvalue weighted by atomic mass is 10.2. The van der Waals surface area contributed by atoms with Gasteiger partial charge in [-0.15, -0.1) is 0 Å². The molecule has 0 saturated carbocycles. The van der Waals surface area contributed by atoms with Gasteiger partial charge < -0.3 is 0 Å². The van der Waals surface area contributed by atoms with Crippen LogP contribution in [0, 0.1) is 0 Å². The summed E-state index contributed by atoms with van der Waals surface area (Å²) in [6.45, 7) is 1.84. The van der Waals surface area contributed by atoms with E-state index in [2.05, 4.69) is 0 Å². The van der Waals surface area contributed by atoms with Crippen LogP contribution < -0.4 is 0 Å². The van der Waals surface area contributed by atoms with Gasteiger partial charge >= 0.3 is 0 Å². The maximum Gasteiger partial charge on any atom is 0.272 e. The Bertz CT molecular complexity index is 76.1. The summed E-state index contributed by atoms with van der Waals surface area (Å²) < 4.78 is 0. The Hall–Kier alpha value is -0.660. The molecule has 0 bridgehead atoms. The number of hydrogen-bond acceptors (Lipinski definition) is 2. The molecule has 39 valence electrons. The highest BCUT2D eigenvalue weighted by Crippen LogP contribution is 1.83. The number of carbonyl (C=O) groups excluding carboxylic acids is 2. The summed E-state index contributed by atoms with van der Waals surface area (Å²) in [4.78, 5) is 19.4. The molecule has 0 saturated heterocycles. The van der Waals surface area contributed by atoms with Crippen LogP contribution >= 0.6 is 0 Å². The summed E-state index contributed by atoms with van der Waals surface area (Å²) in [6, 6.07) is 0. The second kappa shape index (κ2) is 3.53. The van der Waals surface area contributed by atoms with Gasteiger partial charge in [-0.25, -0.2) is 0 Å². The van der Waals surface area contributed by atoms with Crippen molar-refractivity contribution >= 4 is 12.1 Å². The molecule has 0 aromatic heterocycles. The molecule has 2 heteroatoms. The van der Waals surface area contributed by atoms with Crippen molar-refractivity contribution < 1.29 is 9.59 Å². The molecule has 0 aromatic carbocycles. The van der Waals surface area contributed by atoms with E-state index in [0.29, 0.717) is 6.42 Å². The maximum absolute atomic E-state index is 9.99. The summed E-state index contributed by atoms with van der Waals surface area (Å²) in [5.74, 6) is -0.428. The smallest absolute Gasteiger partial charge is 0.272 e. The van der Waals surface area contributed by atoms with Crippen LogP contribution in [0.5, 0.6) is 0 Å². The van der Waals surface area contributed by atoms with Gasteiger partial charge in [0.15, 0.2) is 0 Å². The molecular weight excluding hydrogens is 92.1 g/mol. The van der Waals surface area contributed by atoms with E-state index in [-0.39, 0.29) is 0 Å². The van der Waals surface area contributed by atoms with Crippen LogP contribution in [0.1, 0.15) is 19.8 Å². The second-order valence-electron chi connectivity index (χ2n) is 1.28. The van der Waals surface area contributed by atoms with Gasteiger partial charge in [0.2, 0.25) is 5.78 Å². The summed E-state index contributed by atoms with van der Waals surface area (Å²) in [7, 11) is 0. The molecule has 0 aromatic rings. The third kappa shape index (κ3) is 3.16. The molecule has 0 spiro atoms. The molecule has 1 radical (unpaired) electrons. The number of ketones is 1. The molecule has 7 heavy (non-hydrogen) atoms. The van der Waals surface area contributed by atoms with Gasteiger partial charge in [-0.2, -0.15) is 0 Å². The number of hydrogen-bond donors (Lipinski definition) is 0. The van der Waals surface area contributed by atoms with Gasteiger partial charge in [0.1, 0.15) is 0 Å². The van der Waals surface area contributed by atoms with Crippen molar-refractivity contribution in [2.45, 2.75) is 19.8 Å². The van der Waals surface area contributed by atoms with Crippen molar-refractivity contribution in [3.63, 3.8) is 0 Å². The lowest BCUT2D eigenvalue weighted by Crippen LogP contribution is -1.95. The Morgan fingerprint density at radius 1 is 1.71 bits per heavy atom. The fraction of sp³-hybridized carbons (Fsp3) is 0.600. The molecule has 0 N–H and O–H groups in total. The summed E-state index contributed by atoms with van der Waals surface area (Å²) in [6.07, 6.45) is 2.34. The Labute approximate surface area is 42.5 Å². The van der Waals surface area contributed by atoms with Crippen LogP contribution in [0.4, 0.5) is 0 Å². The predicted octanol–water partition coefficient (Wildman–Crippen LogP) is 0.465. The zero-order valence-corrected chi connectivity index (χ0v) is 4.23. The van der Waals surface area contributed by atoms with E-state index in [0.717, 1.165) is 6.42 Å². The monoisotopic (exact) mass is 99.0 g/mol. The van der Waals surface area contributed by atoms with Gasteiger partial charge in [0.05, 0.1) is 0 Å². The molecule has 0 aliphatic rings. The molecule has 0 fully saturated rings. The Kier molecular flexibility index (Phi) is 3.19. The number of carbonyl (C=O) groups is 1. The minimum atomic E-state index is -0.428. The standard InChI is InChI=1S/C5H7O2/c1-2-3-5(7)4-6/h2-3H2,1H3. The Morgan fingerprint density at radius 2 is 2.29 bits per heavy atom. The van der Waals surface area contributed by atoms with Crippen molar-refractivity contribution in [1.82, 2.24) is 0 Å². The predicted molar refractivity (Wildman–Crippen MR) is 25.6 cm³/mol. The van der Waals surface area contributed by atoms with Crippen LogP contribution in [-0.4, -0.2) is 12.1 Å². The minimum absolute atomic E-state index is 0.337. The highest BCUT2D eigenvalue weighted by molar-refractivity contribution is 6.25. The molecule has 0 aliphatic heterocycles. The van der Waals surface area contributed by atoms with Crippen LogP contribution in [0.15, 0.2) is 0 Å². The first-order chi connectivity index (χ1) is 3.31. The van der Waals surface area contributed by atoms with Crippen LogP contribution in [-0.2, 0) is 9.59 Å². The van der Waals surface area contributed by atoms with Gasteiger partial charge in [-0.1, -0.05) is 6.92 Å². The van der Waals surface area contributed by atoms with Crippen molar-refractivity contribution in [3.05, 3.63) is 0 Å². The average molecular weight is 99.1 g/mol. The normalized spacial score (nSPS) is 8.14. The van der Waals surface area contributed by atoms with Crippen LogP contribution in [0.25, 0.3) is 0 Å². The van der Waals surface area contributed by atoms with E-state index in [1.165, 1.54) is 6.29 Å². The van der Waals surface area contributed by atoms with E-state index < -0.39 is 5.78 Å². The first-order valence-electron chi connectivity index (χ1n) is 2.22. The van der Waals surface area contributed by atoms with Crippen molar-refractivity contribution in [1.29, 1.82) is 0 Å². The van der Waals surface area contributed by atoms with Crippen LogP contribution in [0.3, 0.4) is 0 Å². The number of Topliss-reactive ketones (excluding diaryl/α,β-unsaturated/α-hetero) is 1. The fourth-order valence-electron chi connectivity index (χ4n) is 0.278. The van der Waals surface area contributed by atoms with Crippen molar-refractivity contribution in [3.8, 4) is 0 Å². The van der Waals surface area contributed by atoms with Crippen LogP contribution in [0.2, 0.25) is 0 Å². The molecule has 0 aliphatic carbocycles. The van der Waals surface area contributed by atoms with Crippen molar-refractivity contribution in [2.24, 2.45) is 0 Å². The molecule has 0 atom stereocenters. The van der Waals surface area contributed by atoms with E-state index in [9.17, 15) is 9.59 Å². The zero-order chi connectivity index (χ0) is 5.70. The highest BCUT2D eigenvalue weighted by Gasteiger charge is 1.94. The third-order valence-corrected chi connectivity index (χ3v) is 0.591. The van der Waals surface area contributed by atoms with Gasteiger partial charge in [-0.3, -0.25) is 9.59 Å².